The van der Waals surface area contributed by atoms with Crippen molar-refractivity contribution in [3.8, 4) is 0 Å². The Morgan fingerprint density at radius 2 is 1.67 bits per heavy atom. The molecule has 2 fully saturated rings. The molecule has 1 heterocycles. The minimum Gasteiger partial charge on any atom is -0.287 e. The summed E-state index contributed by atoms with van der Waals surface area (Å²) in [4.78, 5) is 0. The Morgan fingerprint density at radius 1 is 1.11 bits per heavy atom. The molecule has 0 bridgehead atoms. The highest BCUT2D eigenvalue weighted by Crippen LogP contribution is 2.38. The molecule has 52 valence electrons. The Hall–Kier alpha value is 0.390. The predicted molar refractivity (Wildman–Crippen MR) is 42.1 cm³/mol. The molecule has 0 N–H and O–H groups in total. The number of fused-ring (bicyclic) bond motifs is 1. The van der Waals surface area contributed by atoms with Crippen molar-refractivity contribution in [3.63, 3.8) is 0 Å². The summed E-state index contributed by atoms with van der Waals surface area (Å²) >= 11 is 0. The molecule has 1 unspecified atom stereocenters. The van der Waals surface area contributed by atoms with Gasteiger partial charge >= 0.3 is 0 Å². The maximum Gasteiger partial charge on any atom is 0.00478 e. The van der Waals surface area contributed by atoms with E-state index in [9.17, 15) is 0 Å². The zero-order chi connectivity index (χ0) is 6.27. The lowest BCUT2D eigenvalue weighted by molar-refractivity contribution is 0.494. The van der Waals surface area contributed by atoms with Gasteiger partial charge in [-0.3, -0.25) is 4.67 Å². The van der Waals surface area contributed by atoms with Crippen LogP contribution in [-0.2, 0) is 0 Å². The van der Waals surface area contributed by atoms with Crippen LogP contribution in [0.15, 0.2) is 0 Å². The Balaban J connectivity index is 2.02. The lowest BCUT2D eigenvalue weighted by atomic mass is 10.0. The summed E-state index contributed by atoms with van der Waals surface area (Å²) in [5.41, 5.74) is 0. The molecule has 0 aromatic rings. The van der Waals surface area contributed by atoms with E-state index in [1.165, 1.54) is 32.4 Å². The Morgan fingerprint density at radius 3 is 2.22 bits per heavy atom. The van der Waals surface area contributed by atoms with E-state index in [1.807, 2.05) is 0 Å². The van der Waals surface area contributed by atoms with Crippen molar-refractivity contribution in [2.24, 2.45) is 11.8 Å². The van der Waals surface area contributed by atoms with Crippen molar-refractivity contribution in [2.75, 3.05) is 13.1 Å². The summed E-state index contributed by atoms with van der Waals surface area (Å²) < 4.78 is 2.40. The van der Waals surface area contributed by atoms with Gasteiger partial charge in [-0.15, -0.1) is 0 Å². The zero-order valence-electron chi connectivity index (χ0n) is 5.71. The lowest BCUT2D eigenvalue weighted by Crippen LogP contribution is -2.06. The Kier molecular flexibility index (Phi) is 1.51. The lowest BCUT2D eigenvalue weighted by Gasteiger charge is -2.06. The molecule has 0 aromatic carbocycles. The van der Waals surface area contributed by atoms with E-state index in [-0.39, 0.29) is 0 Å². The Labute approximate surface area is 59.1 Å². The molecule has 0 amide bonds. The van der Waals surface area contributed by atoms with E-state index in [1.54, 1.807) is 0 Å². The molecule has 2 rings (SSSR count). The van der Waals surface area contributed by atoms with Crippen LogP contribution in [0.1, 0.15) is 19.3 Å². The van der Waals surface area contributed by atoms with Crippen molar-refractivity contribution in [1.29, 1.82) is 0 Å². The van der Waals surface area contributed by atoms with Crippen LogP contribution in [-0.4, -0.2) is 17.8 Å². The molecule has 0 radical (unpaired) electrons. The monoisotopic (exact) mass is 143 g/mol. The zero-order valence-corrected chi connectivity index (χ0v) is 6.87. The molecule has 2 heteroatoms. The van der Waals surface area contributed by atoms with Gasteiger partial charge in [0.25, 0.3) is 0 Å². The highest BCUT2D eigenvalue weighted by Gasteiger charge is 2.34. The van der Waals surface area contributed by atoms with Crippen LogP contribution in [0.4, 0.5) is 0 Å². The van der Waals surface area contributed by atoms with Crippen LogP contribution in [0, 0.1) is 11.8 Å². The first-order chi connectivity index (χ1) is 4.36. The van der Waals surface area contributed by atoms with Crippen molar-refractivity contribution >= 4 is 9.39 Å². The van der Waals surface area contributed by atoms with Gasteiger partial charge in [0.05, 0.1) is 0 Å². The molecular formula is C7H14NP. The van der Waals surface area contributed by atoms with Gasteiger partial charge in [0.2, 0.25) is 0 Å². The van der Waals surface area contributed by atoms with Gasteiger partial charge in [-0.25, -0.2) is 0 Å². The largest absolute Gasteiger partial charge is 0.287 e. The van der Waals surface area contributed by atoms with Crippen molar-refractivity contribution in [1.82, 2.24) is 4.67 Å². The molecule has 0 spiro atoms. The predicted octanol–water partition coefficient (Wildman–Crippen LogP) is 1.51. The number of rotatable bonds is 0. The summed E-state index contributed by atoms with van der Waals surface area (Å²) in [6, 6.07) is 0. The van der Waals surface area contributed by atoms with Gasteiger partial charge in [0.1, 0.15) is 0 Å². The summed E-state index contributed by atoms with van der Waals surface area (Å²) in [6.45, 7) is 2.69. The van der Waals surface area contributed by atoms with E-state index in [4.69, 9.17) is 0 Å². The van der Waals surface area contributed by atoms with Crippen LogP contribution in [0.5, 0.6) is 0 Å². The molecule has 2 aliphatic rings. The SMILES string of the molecule is PN1C[C@H]2CCC[C@H]2C1. The minimum atomic E-state index is 1.06. The standard InChI is InChI=1S/C7H14NP/c9-8-4-6-2-1-3-7(6)5-8/h6-7H,1-5,9H2/t6-,7+. The number of hydrogen-bond acceptors (Lipinski definition) is 1. The number of hydrogen-bond donors (Lipinski definition) is 0. The van der Waals surface area contributed by atoms with Gasteiger partial charge in [-0.2, -0.15) is 0 Å². The molecule has 0 aromatic heterocycles. The third-order valence-electron chi connectivity index (χ3n) is 2.75. The van der Waals surface area contributed by atoms with E-state index in [0.717, 1.165) is 11.8 Å². The number of nitrogens with zero attached hydrogens (tertiary/aromatic N) is 1. The molecular weight excluding hydrogens is 129 g/mol. The van der Waals surface area contributed by atoms with Gasteiger partial charge < -0.3 is 0 Å². The van der Waals surface area contributed by atoms with E-state index in [0.29, 0.717) is 0 Å². The van der Waals surface area contributed by atoms with Gasteiger partial charge in [0, 0.05) is 13.1 Å². The second-order valence-electron chi connectivity index (χ2n) is 3.40. The highest BCUT2D eigenvalue weighted by molar-refractivity contribution is 7.13. The fraction of sp³-hybridized carbons (Fsp3) is 1.00. The van der Waals surface area contributed by atoms with E-state index in [2.05, 4.69) is 14.1 Å². The average molecular weight is 143 g/mol. The van der Waals surface area contributed by atoms with Gasteiger partial charge in [0.15, 0.2) is 0 Å². The first-order valence-corrected chi connectivity index (χ1v) is 4.37. The first-order valence-electron chi connectivity index (χ1n) is 3.86. The third kappa shape index (κ3) is 1.01. The van der Waals surface area contributed by atoms with Crippen LogP contribution < -0.4 is 0 Å². The average Bonchev–Trinajstić information content (AvgIpc) is 2.22. The first kappa shape index (κ1) is 6.12. The Bertz CT molecular complexity index is 103. The fourth-order valence-electron chi connectivity index (χ4n) is 2.27. The van der Waals surface area contributed by atoms with Crippen molar-refractivity contribution < 1.29 is 0 Å². The van der Waals surface area contributed by atoms with Crippen LogP contribution in [0.2, 0.25) is 0 Å². The topological polar surface area (TPSA) is 3.24 Å². The molecule has 3 atom stereocenters. The fourth-order valence-corrected chi connectivity index (χ4v) is 2.81. The maximum atomic E-state index is 2.82. The van der Waals surface area contributed by atoms with Crippen molar-refractivity contribution in [2.45, 2.75) is 19.3 Å². The molecule has 1 aliphatic carbocycles. The summed E-state index contributed by atoms with van der Waals surface area (Å²) in [6.07, 6.45) is 4.49. The summed E-state index contributed by atoms with van der Waals surface area (Å²) in [7, 11) is 2.82. The molecule has 1 aliphatic heterocycles. The van der Waals surface area contributed by atoms with Crippen LogP contribution >= 0.6 is 9.39 Å². The minimum absolute atomic E-state index is 1.06. The van der Waals surface area contributed by atoms with Crippen LogP contribution in [0.25, 0.3) is 0 Å². The molecule has 9 heavy (non-hydrogen) atoms. The van der Waals surface area contributed by atoms with E-state index < -0.39 is 0 Å². The molecule has 1 saturated carbocycles. The van der Waals surface area contributed by atoms with Crippen LogP contribution in [0.3, 0.4) is 0 Å². The quantitative estimate of drug-likeness (QED) is 0.464. The second-order valence-corrected chi connectivity index (χ2v) is 4.14. The summed E-state index contributed by atoms with van der Waals surface area (Å²) in [5, 5.41) is 0. The maximum absolute atomic E-state index is 2.82. The van der Waals surface area contributed by atoms with Gasteiger partial charge in [-0.05, 0) is 24.7 Å². The normalized spacial score (nSPS) is 43.7. The van der Waals surface area contributed by atoms with Crippen molar-refractivity contribution in [3.05, 3.63) is 0 Å². The summed E-state index contributed by atoms with van der Waals surface area (Å²) in [5.74, 6) is 2.12. The smallest absolute Gasteiger partial charge is 0.00478 e. The molecule has 1 nitrogen and oxygen atoms in total. The third-order valence-corrected chi connectivity index (χ3v) is 3.18. The second kappa shape index (κ2) is 2.21. The van der Waals surface area contributed by atoms with Gasteiger partial charge in [-0.1, -0.05) is 15.8 Å². The highest BCUT2D eigenvalue weighted by atomic mass is 31.0. The van der Waals surface area contributed by atoms with E-state index >= 15 is 0 Å². The molecule has 1 saturated heterocycles.